The highest BCUT2D eigenvalue weighted by Gasteiger charge is 2.23. The maximum Gasteiger partial charge on any atom is 0.233 e. The van der Waals surface area contributed by atoms with E-state index in [-0.39, 0.29) is 17.8 Å². The lowest BCUT2D eigenvalue weighted by Crippen LogP contribution is -2.38. The first-order chi connectivity index (χ1) is 11.4. The predicted octanol–water partition coefficient (Wildman–Crippen LogP) is 1.37. The van der Waals surface area contributed by atoms with Crippen molar-refractivity contribution in [1.29, 1.82) is 0 Å². The van der Waals surface area contributed by atoms with Crippen molar-refractivity contribution in [3.63, 3.8) is 0 Å². The van der Waals surface area contributed by atoms with Gasteiger partial charge in [-0.1, -0.05) is 13.0 Å². The Kier molecular flexibility index (Phi) is 6.44. The van der Waals surface area contributed by atoms with Crippen molar-refractivity contribution >= 4 is 21.6 Å². The van der Waals surface area contributed by atoms with Crippen LogP contribution in [0.3, 0.4) is 0 Å². The van der Waals surface area contributed by atoms with E-state index in [2.05, 4.69) is 10.0 Å². The topological polar surface area (TPSA) is 93.7 Å². The van der Waals surface area contributed by atoms with Crippen LogP contribution in [0.1, 0.15) is 19.8 Å². The molecular formula is C16H24N2O5S. The molecule has 1 saturated heterocycles. The number of amides is 1. The van der Waals surface area contributed by atoms with Crippen LogP contribution in [-0.4, -0.2) is 46.4 Å². The van der Waals surface area contributed by atoms with Crippen molar-refractivity contribution in [1.82, 2.24) is 5.32 Å². The van der Waals surface area contributed by atoms with Crippen molar-refractivity contribution in [2.24, 2.45) is 5.92 Å². The van der Waals surface area contributed by atoms with Gasteiger partial charge in [0.25, 0.3) is 0 Å². The molecule has 1 aliphatic rings. The molecule has 2 atom stereocenters. The molecule has 0 spiro atoms. The van der Waals surface area contributed by atoms with Crippen molar-refractivity contribution in [3.8, 4) is 5.75 Å². The molecular weight excluding hydrogens is 332 g/mol. The van der Waals surface area contributed by atoms with Crippen LogP contribution in [0.4, 0.5) is 5.69 Å². The number of anilines is 1. The molecule has 2 unspecified atom stereocenters. The Bertz CT molecular complexity index is 656. The summed E-state index contributed by atoms with van der Waals surface area (Å²) in [5, 5.41) is 2.75. The Labute approximate surface area is 142 Å². The maximum atomic E-state index is 12.2. The summed E-state index contributed by atoms with van der Waals surface area (Å²) in [6.07, 6.45) is 1.95. The zero-order valence-corrected chi connectivity index (χ0v) is 14.8. The predicted molar refractivity (Wildman–Crippen MR) is 91.6 cm³/mol. The summed E-state index contributed by atoms with van der Waals surface area (Å²) in [4.78, 5) is 12.1. The summed E-state index contributed by atoms with van der Waals surface area (Å²) in [5.74, 6) is -0.685. The van der Waals surface area contributed by atoms with Crippen molar-refractivity contribution in [3.05, 3.63) is 24.3 Å². The Morgan fingerprint density at radius 2 is 2.25 bits per heavy atom. The van der Waals surface area contributed by atoms with Gasteiger partial charge in [-0.15, -0.1) is 0 Å². The van der Waals surface area contributed by atoms with Gasteiger partial charge < -0.3 is 14.8 Å². The van der Waals surface area contributed by atoms with E-state index in [4.69, 9.17) is 9.47 Å². The number of rotatable bonds is 8. The molecule has 134 valence electrons. The number of hydrogen-bond donors (Lipinski definition) is 2. The largest absolute Gasteiger partial charge is 0.497 e. The first-order valence-corrected chi connectivity index (χ1v) is 9.58. The van der Waals surface area contributed by atoms with Gasteiger partial charge in [-0.25, -0.2) is 8.42 Å². The Balaban J connectivity index is 1.86. The van der Waals surface area contributed by atoms with E-state index < -0.39 is 15.9 Å². The monoisotopic (exact) mass is 356 g/mol. The number of hydrogen-bond acceptors (Lipinski definition) is 5. The van der Waals surface area contributed by atoms with Crippen LogP contribution in [0.5, 0.6) is 5.75 Å². The lowest BCUT2D eigenvalue weighted by atomic mass is 10.2. The smallest absolute Gasteiger partial charge is 0.233 e. The van der Waals surface area contributed by atoms with E-state index >= 15 is 0 Å². The van der Waals surface area contributed by atoms with Gasteiger partial charge in [-0.2, -0.15) is 0 Å². The second-order valence-electron chi connectivity index (χ2n) is 5.90. The summed E-state index contributed by atoms with van der Waals surface area (Å²) in [7, 11) is -2.13. The zero-order chi connectivity index (χ0) is 17.6. The average molecular weight is 356 g/mol. The van der Waals surface area contributed by atoms with Crippen molar-refractivity contribution in [2.45, 2.75) is 25.9 Å². The van der Waals surface area contributed by atoms with Crippen LogP contribution < -0.4 is 14.8 Å². The van der Waals surface area contributed by atoms with Crippen molar-refractivity contribution in [2.75, 3.05) is 30.7 Å². The number of sulfonamides is 1. The number of ether oxygens (including phenoxy) is 2. The minimum atomic E-state index is -3.64. The van der Waals surface area contributed by atoms with Gasteiger partial charge in [-0.3, -0.25) is 9.52 Å². The third kappa shape index (κ3) is 5.68. The normalized spacial score (nSPS) is 18.8. The first-order valence-electron chi connectivity index (χ1n) is 7.93. The molecule has 2 N–H and O–H groups in total. The van der Waals surface area contributed by atoms with Crippen LogP contribution >= 0.6 is 0 Å². The third-order valence-electron chi connectivity index (χ3n) is 3.79. The average Bonchev–Trinajstić information content (AvgIpc) is 3.05. The van der Waals surface area contributed by atoms with Gasteiger partial charge >= 0.3 is 0 Å². The second kappa shape index (κ2) is 8.34. The van der Waals surface area contributed by atoms with Crippen molar-refractivity contribution < 1.29 is 22.7 Å². The zero-order valence-electron chi connectivity index (χ0n) is 13.9. The molecule has 1 fully saturated rings. The van der Waals surface area contributed by atoms with Gasteiger partial charge in [-0.05, 0) is 25.0 Å². The maximum absolute atomic E-state index is 12.2. The summed E-state index contributed by atoms with van der Waals surface area (Å²) >= 11 is 0. The molecule has 7 nitrogen and oxygen atoms in total. The molecule has 2 rings (SSSR count). The Morgan fingerprint density at radius 1 is 1.46 bits per heavy atom. The van der Waals surface area contributed by atoms with Crippen LogP contribution in [0.25, 0.3) is 0 Å². The number of nitrogens with one attached hydrogen (secondary N) is 2. The molecule has 0 saturated carbocycles. The van der Waals surface area contributed by atoms with Gasteiger partial charge in [0.1, 0.15) is 5.75 Å². The number of methoxy groups -OCH3 is 1. The summed E-state index contributed by atoms with van der Waals surface area (Å²) in [5.41, 5.74) is 0.404. The molecule has 1 amide bonds. The molecule has 1 aliphatic heterocycles. The molecule has 0 aliphatic carbocycles. The molecule has 0 radical (unpaired) electrons. The second-order valence-corrected chi connectivity index (χ2v) is 7.66. The fourth-order valence-corrected chi connectivity index (χ4v) is 3.89. The van der Waals surface area contributed by atoms with E-state index in [0.717, 1.165) is 19.4 Å². The third-order valence-corrected chi connectivity index (χ3v) is 5.27. The lowest BCUT2D eigenvalue weighted by Gasteiger charge is -2.16. The number of benzene rings is 1. The summed E-state index contributed by atoms with van der Waals surface area (Å²) in [6, 6.07) is 6.62. The Hall–Kier alpha value is -1.80. The van der Waals surface area contributed by atoms with Gasteiger partial charge in [0, 0.05) is 19.2 Å². The van der Waals surface area contributed by atoms with E-state index in [0.29, 0.717) is 18.0 Å². The molecule has 0 aromatic heterocycles. The highest BCUT2D eigenvalue weighted by molar-refractivity contribution is 7.92. The minimum Gasteiger partial charge on any atom is -0.497 e. The molecule has 1 aromatic carbocycles. The van der Waals surface area contributed by atoms with E-state index in [1.54, 1.807) is 31.2 Å². The molecule has 1 heterocycles. The first kappa shape index (κ1) is 18.5. The lowest BCUT2D eigenvalue weighted by molar-refractivity contribution is -0.124. The van der Waals surface area contributed by atoms with Gasteiger partial charge in [0.2, 0.25) is 15.9 Å². The number of carbonyl (C=O) groups is 1. The molecule has 0 bridgehead atoms. The fourth-order valence-electron chi connectivity index (χ4n) is 2.51. The van der Waals surface area contributed by atoms with E-state index in [9.17, 15) is 13.2 Å². The minimum absolute atomic E-state index is 0.0349. The SMILES string of the molecule is COc1cccc(NS(=O)(=O)CC(C)C(=O)NCC2CCCO2)c1. The van der Waals surface area contributed by atoms with E-state index in [1.165, 1.54) is 7.11 Å². The molecule has 8 heteroatoms. The fraction of sp³-hybridized carbons (Fsp3) is 0.562. The summed E-state index contributed by atoms with van der Waals surface area (Å²) in [6.45, 7) is 2.73. The summed E-state index contributed by atoms with van der Waals surface area (Å²) < 4.78 is 37.4. The van der Waals surface area contributed by atoms with Crippen LogP contribution in [-0.2, 0) is 19.6 Å². The molecule has 24 heavy (non-hydrogen) atoms. The van der Waals surface area contributed by atoms with Crippen LogP contribution in [0.15, 0.2) is 24.3 Å². The highest BCUT2D eigenvalue weighted by Crippen LogP contribution is 2.18. The van der Waals surface area contributed by atoms with Gasteiger partial charge in [0.15, 0.2) is 0 Å². The van der Waals surface area contributed by atoms with Crippen LogP contribution in [0, 0.1) is 5.92 Å². The number of carbonyl (C=O) groups excluding carboxylic acids is 1. The van der Waals surface area contributed by atoms with Crippen LogP contribution in [0.2, 0.25) is 0 Å². The van der Waals surface area contributed by atoms with E-state index in [1.807, 2.05) is 0 Å². The molecule has 1 aromatic rings. The quantitative estimate of drug-likeness (QED) is 0.734. The Morgan fingerprint density at radius 3 is 2.92 bits per heavy atom. The highest BCUT2D eigenvalue weighted by atomic mass is 32.2. The van der Waals surface area contributed by atoms with Gasteiger partial charge in [0.05, 0.1) is 30.6 Å². The standard InChI is InChI=1S/C16H24N2O5S/c1-12(16(19)17-10-15-7-4-8-23-15)11-24(20,21)18-13-5-3-6-14(9-13)22-2/h3,5-6,9,12,15,18H,4,7-8,10-11H2,1-2H3,(H,17,19).